The molecule has 2 aromatic rings. The molecule has 1 aromatic carbocycles. The van der Waals surface area contributed by atoms with Crippen molar-refractivity contribution in [2.75, 3.05) is 0 Å². The van der Waals surface area contributed by atoms with E-state index in [4.69, 9.17) is 4.74 Å². The van der Waals surface area contributed by atoms with Gasteiger partial charge in [0, 0.05) is 12.0 Å². The molecule has 0 spiro atoms. The van der Waals surface area contributed by atoms with Gasteiger partial charge in [-0.3, -0.25) is 4.79 Å². The number of carbonyl (C=O) groups is 2. The van der Waals surface area contributed by atoms with Gasteiger partial charge in [-0.15, -0.1) is 11.3 Å². The van der Waals surface area contributed by atoms with Crippen LogP contribution in [0.15, 0.2) is 30.3 Å². The summed E-state index contributed by atoms with van der Waals surface area (Å²) >= 11 is 1.31. The molecule has 1 heterocycles. The standard InChI is InChI=1S/C17H17NO3S/c1-11-15(17(20)21-14-10-6-5-9-13(14)19)22-16(18-11)12-7-3-2-4-8-12/h2-4,7-8,14H,5-6,9-10H2,1H3/t14-/m1/s1. The molecule has 1 aromatic heterocycles. The van der Waals surface area contributed by atoms with Crippen molar-refractivity contribution in [2.45, 2.75) is 38.7 Å². The Morgan fingerprint density at radius 3 is 2.77 bits per heavy atom. The van der Waals surface area contributed by atoms with Crippen molar-refractivity contribution >= 4 is 23.1 Å². The second-order valence-corrected chi connectivity index (χ2v) is 6.40. The Labute approximate surface area is 133 Å². The molecule has 1 saturated carbocycles. The van der Waals surface area contributed by atoms with E-state index in [1.54, 1.807) is 6.92 Å². The van der Waals surface area contributed by atoms with Crippen LogP contribution in [-0.2, 0) is 9.53 Å². The number of ketones is 1. The molecule has 1 aliphatic carbocycles. The highest BCUT2D eigenvalue weighted by atomic mass is 32.1. The number of thiazole rings is 1. The highest BCUT2D eigenvalue weighted by Crippen LogP contribution is 2.29. The molecule has 1 atom stereocenters. The summed E-state index contributed by atoms with van der Waals surface area (Å²) in [4.78, 5) is 29.0. The van der Waals surface area contributed by atoms with Gasteiger partial charge in [0.1, 0.15) is 9.88 Å². The second-order valence-electron chi connectivity index (χ2n) is 5.41. The zero-order valence-electron chi connectivity index (χ0n) is 12.4. The van der Waals surface area contributed by atoms with Crippen LogP contribution in [0.2, 0.25) is 0 Å². The van der Waals surface area contributed by atoms with Gasteiger partial charge in [-0.2, -0.15) is 0 Å². The fraction of sp³-hybridized carbons (Fsp3) is 0.353. The van der Waals surface area contributed by atoms with Crippen molar-refractivity contribution in [1.82, 2.24) is 4.98 Å². The lowest BCUT2D eigenvalue weighted by Crippen LogP contribution is -2.30. The summed E-state index contributed by atoms with van der Waals surface area (Å²) in [6.45, 7) is 1.79. The zero-order chi connectivity index (χ0) is 15.5. The number of rotatable bonds is 3. The topological polar surface area (TPSA) is 56.3 Å². The van der Waals surface area contributed by atoms with Crippen molar-refractivity contribution in [3.8, 4) is 10.6 Å². The molecular formula is C17H17NO3S. The van der Waals surface area contributed by atoms with E-state index in [1.165, 1.54) is 11.3 Å². The third-order valence-electron chi connectivity index (χ3n) is 3.75. The molecule has 0 radical (unpaired) electrons. The lowest BCUT2D eigenvalue weighted by Gasteiger charge is -2.20. The van der Waals surface area contributed by atoms with Crippen LogP contribution in [0.5, 0.6) is 0 Å². The summed E-state index contributed by atoms with van der Waals surface area (Å²) in [5.41, 5.74) is 1.63. The van der Waals surface area contributed by atoms with E-state index < -0.39 is 12.1 Å². The van der Waals surface area contributed by atoms with Crippen molar-refractivity contribution in [3.05, 3.63) is 40.9 Å². The number of aryl methyl sites for hydroxylation is 1. The molecule has 0 N–H and O–H groups in total. The van der Waals surface area contributed by atoms with Gasteiger partial charge in [0.15, 0.2) is 11.9 Å². The number of ether oxygens (including phenoxy) is 1. The first kappa shape index (κ1) is 14.9. The SMILES string of the molecule is Cc1nc(-c2ccccc2)sc1C(=O)O[C@@H]1CCCCC1=O. The number of benzene rings is 1. The third kappa shape index (κ3) is 3.09. The van der Waals surface area contributed by atoms with Crippen molar-refractivity contribution in [3.63, 3.8) is 0 Å². The van der Waals surface area contributed by atoms with Crippen LogP contribution >= 0.6 is 11.3 Å². The van der Waals surface area contributed by atoms with Crippen molar-refractivity contribution < 1.29 is 14.3 Å². The fourth-order valence-electron chi connectivity index (χ4n) is 2.55. The number of aromatic nitrogens is 1. The highest BCUT2D eigenvalue weighted by molar-refractivity contribution is 7.17. The summed E-state index contributed by atoms with van der Waals surface area (Å²) in [5.74, 6) is -0.400. The predicted octanol–water partition coefficient (Wildman–Crippen LogP) is 3.79. The maximum atomic E-state index is 12.3. The van der Waals surface area contributed by atoms with Crippen LogP contribution < -0.4 is 0 Å². The van der Waals surface area contributed by atoms with Crippen molar-refractivity contribution in [1.29, 1.82) is 0 Å². The van der Waals surface area contributed by atoms with E-state index in [0.29, 0.717) is 23.4 Å². The van der Waals surface area contributed by atoms with Gasteiger partial charge < -0.3 is 4.74 Å². The summed E-state index contributed by atoms with van der Waals surface area (Å²) in [6.07, 6.45) is 2.39. The molecule has 1 fully saturated rings. The molecule has 3 rings (SSSR count). The zero-order valence-corrected chi connectivity index (χ0v) is 13.2. The Hall–Kier alpha value is -2.01. The molecule has 0 saturated heterocycles. The summed E-state index contributed by atoms with van der Waals surface area (Å²) in [6, 6.07) is 9.72. The molecule has 114 valence electrons. The smallest absolute Gasteiger partial charge is 0.350 e. The van der Waals surface area contributed by atoms with Gasteiger partial charge in [-0.05, 0) is 26.2 Å². The van der Waals surface area contributed by atoms with E-state index >= 15 is 0 Å². The average Bonchev–Trinajstić information content (AvgIpc) is 2.92. The summed E-state index contributed by atoms with van der Waals surface area (Å²) < 4.78 is 5.40. The van der Waals surface area contributed by atoms with Gasteiger partial charge in [0.25, 0.3) is 0 Å². The Balaban J connectivity index is 1.78. The van der Waals surface area contributed by atoms with E-state index in [0.717, 1.165) is 23.4 Å². The molecule has 22 heavy (non-hydrogen) atoms. The maximum Gasteiger partial charge on any atom is 0.350 e. The number of esters is 1. The van der Waals surface area contributed by atoms with E-state index in [9.17, 15) is 9.59 Å². The fourth-order valence-corrected chi connectivity index (χ4v) is 3.50. The number of hydrogen-bond donors (Lipinski definition) is 0. The molecule has 0 amide bonds. The first-order valence-electron chi connectivity index (χ1n) is 7.41. The molecule has 0 aliphatic heterocycles. The molecule has 4 nitrogen and oxygen atoms in total. The minimum Gasteiger partial charge on any atom is -0.450 e. The summed E-state index contributed by atoms with van der Waals surface area (Å²) in [7, 11) is 0. The van der Waals surface area contributed by atoms with Gasteiger partial charge in [-0.1, -0.05) is 30.3 Å². The highest BCUT2D eigenvalue weighted by Gasteiger charge is 2.28. The van der Waals surface area contributed by atoms with Crippen LogP contribution in [0.4, 0.5) is 0 Å². The largest absolute Gasteiger partial charge is 0.450 e. The summed E-state index contributed by atoms with van der Waals surface area (Å²) in [5, 5.41) is 0.792. The first-order chi connectivity index (χ1) is 10.6. The minimum atomic E-state index is -0.581. The van der Waals surface area contributed by atoms with Crippen LogP contribution in [0, 0.1) is 6.92 Å². The number of carbonyl (C=O) groups excluding carboxylic acids is 2. The van der Waals surface area contributed by atoms with E-state index in [2.05, 4.69) is 4.98 Å². The quantitative estimate of drug-likeness (QED) is 0.809. The number of Topliss-reactive ketones (excluding diaryl/α,β-unsaturated/α-hetero) is 1. The minimum absolute atomic E-state index is 0.0325. The van der Waals surface area contributed by atoms with Crippen molar-refractivity contribution in [2.24, 2.45) is 0 Å². The molecule has 0 unspecified atom stereocenters. The molecule has 0 bridgehead atoms. The Bertz CT molecular complexity index is 693. The predicted molar refractivity (Wildman–Crippen MR) is 85.0 cm³/mol. The van der Waals surface area contributed by atoms with Gasteiger partial charge >= 0.3 is 5.97 Å². The number of hydrogen-bond acceptors (Lipinski definition) is 5. The third-order valence-corrected chi connectivity index (χ3v) is 4.94. The average molecular weight is 315 g/mol. The molecular weight excluding hydrogens is 298 g/mol. The lowest BCUT2D eigenvalue weighted by molar-refractivity contribution is -0.129. The monoisotopic (exact) mass is 315 g/mol. The second kappa shape index (κ2) is 6.40. The van der Waals surface area contributed by atoms with Gasteiger partial charge in [0.05, 0.1) is 5.69 Å². The van der Waals surface area contributed by atoms with Gasteiger partial charge in [0.2, 0.25) is 0 Å². The maximum absolute atomic E-state index is 12.3. The van der Waals surface area contributed by atoms with Crippen LogP contribution in [0.25, 0.3) is 10.6 Å². The number of nitrogens with zero attached hydrogens (tertiary/aromatic N) is 1. The first-order valence-corrected chi connectivity index (χ1v) is 8.23. The normalized spacial score (nSPS) is 18.2. The molecule has 1 aliphatic rings. The Morgan fingerprint density at radius 1 is 1.27 bits per heavy atom. The Kier molecular flexibility index (Phi) is 4.34. The van der Waals surface area contributed by atoms with E-state index in [-0.39, 0.29) is 5.78 Å². The van der Waals surface area contributed by atoms with Gasteiger partial charge in [-0.25, -0.2) is 9.78 Å². The molecule has 5 heteroatoms. The van der Waals surface area contributed by atoms with Crippen LogP contribution in [-0.4, -0.2) is 22.8 Å². The van der Waals surface area contributed by atoms with Crippen LogP contribution in [0.1, 0.15) is 41.0 Å². The van der Waals surface area contributed by atoms with Crippen LogP contribution in [0.3, 0.4) is 0 Å². The lowest BCUT2D eigenvalue weighted by atomic mass is 9.96. The Morgan fingerprint density at radius 2 is 2.05 bits per heavy atom. The van der Waals surface area contributed by atoms with E-state index in [1.807, 2.05) is 30.3 Å².